The van der Waals surface area contributed by atoms with Gasteiger partial charge < -0.3 is 10.1 Å². The Hall–Kier alpha value is -3.93. The maximum Gasteiger partial charge on any atom is 0.262 e. The highest BCUT2D eigenvalue weighted by atomic mass is 16.5. The van der Waals surface area contributed by atoms with Crippen molar-refractivity contribution in [2.24, 2.45) is 0 Å². The second kappa shape index (κ2) is 8.61. The number of carbonyl (C=O) groups is 1. The predicted molar refractivity (Wildman–Crippen MR) is 116 cm³/mol. The van der Waals surface area contributed by atoms with Gasteiger partial charge in [-0.2, -0.15) is 0 Å². The molecule has 30 heavy (non-hydrogen) atoms. The molecule has 0 aliphatic carbocycles. The Kier molecular flexibility index (Phi) is 5.57. The van der Waals surface area contributed by atoms with Crippen molar-refractivity contribution in [3.63, 3.8) is 0 Å². The molecule has 0 aliphatic rings. The Morgan fingerprint density at radius 2 is 1.73 bits per heavy atom. The van der Waals surface area contributed by atoms with E-state index in [0.717, 1.165) is 5.69 Å². The fourth-order valence-corrected chi connectivity index (χ4v) is 3.35. The maximum absolute atomic E-state index is 13.0. The molecule has 2 heterocycles. The third-order valence-electron chi connectivity index (χ3n) is 4.91. The third-order valence-corrected chi connectivity index (χ3v) is 4.91. The van der Waals surface area contributed by atoms with Crippen molar-refractivity contribution in [2.45, 2.75) is 6.42 Å². The summed E-state index contributed by atoms with van der Waals surface area (Å²) < 4.78 is 6.69. The van der Waals surface area contributed by atoms with Crippen LogP contribution < -0.4 is 15.6 Å². The fourth-order valence-electron chi connectivity index (χ4n) is 3.35. The van der Waals surface area contributed by atoms with Crippen LogP contribution in [-0.4, -0.2) is 29.1 Å². The zero-order valence-electron chi connectivity index (χ0n) is 16.5. The van der Waals surface area contributed by atoms with Crippen LogP contribution in [0.1, 0.15) is 16.1 Å². The summed E-state index contributed by atoms with van der Waals surface area (Å²) >= 11 is 0. The van der Waals surface area contributed by atoms with E-state index in [-0.39, 0.29) is 11.5 Å². The van der Waals surface area contributed by atoms with Gasteiger partial charge in [0.05, 0.1) is 12.7 Å². The van der Waals surface area contributed by atoms with Crippen LogP contribution in [0.15, 0.2) is 83.9 Å². The van der Waals surface area contributed by atoms with Gasteiger partial charge in [0.15, 0.2) is 0 Å². The molecule has 0 bridgehead atoms. The van der Waals surface area contributed by atoms with Gasteiger partial charge in [-0.3, -0.25) is 19.1 Å². The van der Waals surface area contributed by atoms with Gasteiger partial charge in [-0.05, 0) is 42.5 Å². The molecule has 0 radical (unpaired) electrons. The van der Waals surface area contributed by atoms with Crippen LogP contribution >= 0.6 is 0 Å². The van der Waals surface area contributed by atoms with Gasteiger partial charge in [-0.25, -0.2) is 0 Å². The first-order valence-corrected chi connectivity index (χ1v) is 9.64. The van der Waals surface area contributed by atoms with Gasteiger partial charge in [0.2, 0.25) is 0 Å². The molecule has 6 nitrogen and oxygen atoms in total. The number of amides is 1. The zero-order valence-corrected chi connectivity index (χ0v) is 16.5. The molecule has 0 unspecified atom stereocenters. The summed E-state index contributed by atoms with van der Waals surface area (Å²) in [7, 11) is 1.59. The normalized spacial score (nSPS) is 10.7. The predicted octanol–water partition coefficient (Wildman–Crippen LogP) is 3.37. The second-order valence-electron chi connectivity index (χ2n) is 6.79. The molecule has 0 saturated carbocycles. The van der Waals surface area contributed by atoms with Gasteiger partial charge in [0.25, 0.3) is 11.5 Å². The minimum Gasteiger partial charge on any atom is -0.497 e. The quantitative estimate of drug-likeness (QED) is 0.540. The van der Waals surface area contributed by atoms with Gasteiger partial charge in [0.1, 0.15) is 5.75 Å². The number of methoxy groups -OCH3 is 1. The highest BCUT2D eigenvalue weighted by molar-refractivity contribution is 6.06. The van der Waals surface area contributed by atoms with Crippen LogP contribution in [0.5, 0.6) is 5.75 Å². The Morgan fingerprint density at radius 1 is 1.00 bits per heavy atom. The molecule has 2 aromatic carbocycles. The molecule has 4 rings (SSSR count). The van der Waals surface area contributed by atoms with Crippen molar-refractivity contribution < 1.29 is 9.53 Å². The minimum atomic E-state index is -0.232. The third kappa shape index (κ3) is 3.93. The lowest BCUT2D eigenvalue weighted by atomic mass is 10.1. The van der Waals surface area contributed by atoms with Crippen LogP contribution in [0.25, 0.3) is 16.5 Å². The first kappa shape index (κ1) is 19.4. The highest BCUT2D eigenvalue weighted by Gasteiger charge is 2.15. The number of hydrogen-bond acceptors (Lipinski definition) is 4. The molecular weight excluding hydrogens is 378 g/mol. The van der Waals surface area contributed by atoms with E-state index in [1.165, 1.54) is 4.57 Å². The van der Waals surface area contributed by atoms with Gasteiger partial charge in [0, 0.05) is 47.5 Å². The molecule has 150 valence electrons. The van der Waals surface area contributed by atoms with Crippen LogP contribution in [-0.2, 0) is 6.42 Å². The molecule has 6 heteroatoms. The summed E-state index contributed by atoms with van der Waals surface area (Å²) in [6.45, 7) is 0.450. The highest BCUT2D eigenvalue weighted by Crippen LogP contribution is 2.19. The molecule has 0 spiro atoms. The van der Waals surface area contributed by atoms with Crippen molar-refractivity contribution >= 4 is 16.7 Å². The monoisotopic (exact) mass is 399 g/mol. The largest absolute Gasteiger partial charge is 0.497 e. The number of ether oxygens (including phenoxy) is 1. The number of nitrogens with one attached hydrogen (secondary N) is 1. The number of fused-ring (bicyclic) bond motifs is 1. The molecule has 0 aliphatic heterocycles. The number of aromatic nitrogens is 2. The summed E-state index contributed by atoms with van der Waals surface area (Å²) in [5.74, 6) is 0.462. The number of carbonyl (C=O) groups excluding carboxylic acids is 1. The zero-order chi connectivity index (χ0) is 20.9. The van der Waals surface area contributed by atoms with Crippen LogP contribution in [0.3, 0.4) is 0 Å². The lowest BCUT2D eigenvalue weighted by Gasteiger charge is -2.13. The topological polar surface area (TPSA) is 73.2 Å². The molecule has 2 aromatic heterocycles. The average Bonchev–Trinajstić information content (AvgIpc) is 2.80. The number of pyridine rings is 2. The Bertz CT molecular complexity index is 1230. The first-order chi connectivity index (χ1) is 14.7. The summed E-state index contributed by atoms with van der Waals surface area (Å²) in [5, 5.41) is 4.06. The summed E-state index contributed by atoms with van der Waals surface area (Å²) in [6.07, 6.45) is 3.96. The summed E-state index contributed by atoms with van der Waals surface area (Å²) in [5.41, 5.74) is 1.84. The number of nitrogens with zero attached hydrogens (tertiary/aromatic N) is 2. The molecule has 0 atom stereocenters. The van der Waals surface area contributed by atoms with E-state index >= 15 is 0 Å². The van der Waals surface area contributed by atoms with Gasteiger partial charge >= 0.3 is 0 Å². The van der Waals surface area contributed by atoms with E-state index in [4.69, 9.17) is 4.74 Å². The number of benzene rings is 2. The maximum atomic E-state index is 13.0. The van der Waals surface area contributed by atoms with E-state index in [1.54, 1.807) is 62.0 Å². The van der Waals surface area contributed by atoms with E-state index < -0.39 is 0 Å². The molecule has 0 saturated heterocycles. The Balaban J connectivity index is 1.68. The van der Waals surface area contributed by atoms with Crippen LogP contribution in [0.2, 0.25) is 0 Å². The lowest BCUT2D eigenvalue weighted by molar-refractivity contribution is 0.0955. The SMILES string of the molecule is COc1ccc(-n2cc(C(=O)NCCc3ccccn3)c3ccccc3c2=O)cc1. The van der Waals surface area contributed by atoms with Crippen molar-refractivity contribution in [3.05, 3.63) is 101 Å². The Labute approximate surface area is 173 Å². The summed E-state index contributed by atoms with van der Waals surface area (Å²) in [4.78, 5) is 30.3. The number of hydrogen-bond donors (Lipinski definition) is 1. The minimum absolute atomic E-state index is 0.180. The lowest BCUT2D eigenvalue weighted by Crippen LogP contribution is -2.28. The smallest absolute Gasteiger partial charge is 0.262 e. The van der Waals surface area contributed by atoms with E-state index in [1.807, 2.05) is 24.3 Å². The van der Waals surface area contributed by atoms with Crippen LogP contribution in [0, 0.1) is 0 Å². The second-order valence-corrected chi connectivity index (χ2v) is 6.79. The van der Waals surface area contributed by atoms with Crippen molar-refractivity contribution in [1.29, 1.82) is 0 Å². The molecule has 0 fully saturated rings. The number of rotatable bonds is 6. The van der Waals surface area contributed by atoms with Gasteiger partial charge in [-0.15, -0.1) is 0 Å². The van der Waals surface area contributed by atoms with Crippen molar-refractivity contribution in [1.82, 2.24) is 14.9 Å². The molecule has 1 N–H and O–H groups in total. The Morgan fingerprint density at radius 3 is 2.43 bits per heavy atom. The first-order valence-electron chi connectivity index (χ1n) is 9.64. The van der Waals surface area contributed by atoms with E-state index in [9.17, 15) is 9.59 Å². The van der Waals surface area contributed by atoms with Crippen molar-refractivity contribution in [2.75, 3.05) is 13.7 Å². The van der Waals surface area contributed by atoms with Gasteiger partial charge in [-0.1, -0.05) is 24.3 Å². The van der Waals surface area contributed by atoms with Crippen LogP contribution in [0.4, 0.5) is 0 Å². The summed E-state index contributed by atoms with van der Waals surface area (Å²) in [6, 6.07) is 20.0. The fraction of sp³-hybridized carbons (Fsp3) is 0.125. The average molecular weight is 399 g/mol. The van der Waals surface area contributed by atoms with Crippen molar-refractivity contribution in [3.8, 4) is 11.4 Å². The standard InChI is InChI=1S/C24H21N3O3/c1-30-19-11-9-18(10-12-19)27-16-22(20-7-2-3-8-21(20)24(27)29)23(28)26-15-13-17-6-4-5-14-25-17/h2-12,14,16H,13,15H2,1H3,(H,26,28). The molecule has 1 amide bonds. The van der Waals surface area contributed by atoms with E-state index in [2.05, 4.69) is 10.3 Å². The molecule has 4 aromatic rings. The molecular formula is C24H21N3O3. The van der Waals surface area contributed by atoms with E-state index in [0.29, 0.717) is 40.7 Å².